The maximum absolute atomic E-state index is 12.0. The summed E-state index contributed by atoms with van der Waals surface area (Å²) in [6.07, 6.45) is 3.03. The molecule has 2 aromatic carbocycles. The van der Waals surface area contributed by atoms with E-state index >= 15 is 0 Å². The number of benzene rings is 2. The van der Waals surface area contributed by atoms with Gasteiger partial charge >= 0.3 is 0 Å². The van der Waals surface area contributed by atoms with Gasteiger partial charge in [0.2, 0.25) is 0 Å². The van der Waals surface area contributed by atoms with E-state index in [9.17, 15) is 15.0 Å². The van der Waals surface area contributed by atoms with E-state index in [2.05, 4.69) is 0 Å². The van der Waals surface area contributed by atoms with Crippen molar-refractivity contribution in [1.82, 2.24) is 0 Å². The van der Waals surface area contributed by atoms with Crippen molar-refractivity contribution >= 4 is 23.5 Å². The topological polar surface area (TPSA) is 57.5 Å². The lowest BCUT2D eigenvalue weighted by atomic mass is 10.0. The summed E-state index contributed by atoms with van der Waals surface area (Å²) in [7, 11) is 0. The molecule has 0 aromatic heterocycles. The first kappa shape index (κ1) is 15.1. The predicted octanol–water partition coefficient (Wildman–Crippen LogP) is 4.26. The van der Waals surface area contributed by atoms with Crippen LogP contribution in [0.25, 0.3) is 6.08 Å². The molecule has 0 spiro atoms. The smallest absolute Gasteiger partial charge is 0.189 e. The van der Waals surface area contributed by atoms with Crippen LogP contribution in [0.15, 0.2) is 36.4 Å². The van der Waals surface area contributed by atoms with Gasteiger partial charge in [-0.25, -0.2) is 0 Å². The highest BCUT2D eigenvalue weighted by Crippen LogP contribution is 2.25. The van der Waals surface area contributed by atoms with Crippen LogP contribution in [0.5, 0.6) is 11.5 Å². The van der Waals surface area contributed by atoms with Crippen LogP contribution in [-0.2, 0) is 0 Å². The second kappa shape index (κ2) is 6.02. The van der Waals surface area contributed by atoms with Gasteiger partial charge in [0.1, 0.15) is 11.5 Å². The largest absolute Gasteiger partial charge is 0.507 e. The molecule has 3 nitrogen and oxygen atoms in total. The first-order chi connectivity index (χ1) is 9.88. The number of carbonyl (C=O) groups excluding carboxylic acids is 1. The Morgan fingerprint density at radius 2 is 1.71 bits per heavy atom. The number of hydrogen-bond acceptors (Lipinski definition) is 3. The first-order valence-electron chi connectivity index (χ1n) is 6.39. The van der Waals surface area contributed by atoms with Gasteiger partial charge in [0.05, 0.1) is 5.56 Å². The average molecular weight is 303 g/mol. The molecule has 2 rings (SSSR count). The fraction of sp³-hybridized carbons (Fsp3) is 0.118. The Hall–Kier alpha value is -2.26. The van der Waals surface area contributed by atoms with Gasteiger partial charge in [0.25, 0.3) is 0 Å². The standard InChI is InChI=1S/C17H15ClO3/c1-10-7-12(8-11(2)17(10)21)3-6-15(19)14-5-4-13(18)9-16(14)20/h3-9,20-21H,1-2H3/b6-3+. The van der Waals surface area contributed by atoms with Crippen molar-refractivity contribution in [2.24, 2.45) is 0 Å². The number of phenols is 2. The Kier molecular flexibility index (Phi) is 4.34. The zero-order valence-electron chi connectivity index (χ0n) is 11.7. The maximum atomic E-state index is 12.0. The third-order valence-electron chi connectivity index (χ3n) is 3.17. The average Bonchev–Trinajstić information content (AvgIpc) is 2.42. The quantitative estimate of drug-likeness (QED) is 0.658. The molecule has 0 aliphatic carbocycles. The molecule has 0 radical (unpaired) electrons. The second-order valence-electron chi connectivity index (χ2n) is 4.86. The molecule has 0 unspecified atom stereocenters. The molecule has 2 aromatic rings. The molecule has 2 N–H and O–H groups in total. The van der Waals surface area contributed by atoms with Crippen LogP contribution in [0.2, 0.25) is 5.02 Å². The zero-order chi connectivity index (χ0) is 15.6. The first-order valence-corrected chi connectivity index (χ1v) is 6.77. The summed E-state index contributed by atoms with van der Waals surface area (Å²) >= 11 is 5.73. The Balaban J connectivity index is 2.27. The number of allylic oxidation sites excluding steroid dienone is 1. The van der Waals surface area contributed by atoms with E-state index in [0.29, 0.717) is 5.02 Å². The molecule has 0 aliphatic rings. The molecule has 0 bridgehead atoms. The van der Waals surface area contributed by atoms with Gasteiger partial charge in [-0.15, -0.1) is 0 Å². The van der Waals surface area contributed by atoms with Gasteiger partial charge in [-0.2, -0.15) is 0 Å². The number of rotatable bonds is 3. The van der Waals surface area contributed by atoms with Crippen LogP contribution in [0.3, 0.4) is 0 Å². The third kappa shape index (κ3) is 3.44. The van der Waals surface area contributed by atoms with Crippen molar-refractivity contribution in [1.29, 1.82) is 0 Å². The van der Waals surface area contributed by atoms with Gasteiger partial charge in [0, 0.05) is 5.02 Å². The van der Waals surface area contributed by atoms with E-state index in [-0.39, 0.29) is 22.8 Å². The molecule has 0 saturated carbocycles. The predicted molar refractivity (Wildman–Crippen MR) is 84.1 cm³/mol. The zero-order valence-corrected chi connectivity index (χ0v) is 12.5. The summed E-state index contributed by atoms with van der Waals surface area (Å²) in [5, 5.41) is 19.8. The van der Waals surface area contributed by atoms with Crippen molar-refractivity contribution in [2.45, 2.75) is 13.8 Å². The van der Waals surface area contributed by atoms with Crippen LogP contribution in [0.4, 0.5) is 0 Å². The molecular formula is C17H15ClO3. The summed E-state index contributed by atoms with van der Waals surface area (Å²) in [4.78, 5) is 12.0. The fourth-order valence-electron chi connectivity index (χ4n) is 2.06. The summed E-state index contributed by atoms with van der Waals surface area (Å²) in [5.74, 6) is -0.198. The number of carbonyl (C=O) groups is 1. The highest BCUT2D eigenvalue weighted by atomic mass is 35.5. The number of aromatic hydroxyl groups is 2. The molecule has 4 heteroatoms. The summed E-state index contributed by atoms with van der Waals surface area (Å²) in [6, 6.07) is 7.94. The summed E-state index contributed by atoms with van der Waals surface area (Å²) in [5.41, 5.74) is 2.50. The highest BCUT2D eigenvalue weighted by molar-refractivity contribution is 6.31. The normalized spacial score (nSPS) is 11.0. The Labute approximate surface area is 128 Å². The number of phenolic OH excluding ortho intramolecular Hbond substituents is 2. The maximum Gasteiger partial charge on any atom is 0.189 e. The SMILES string of the molecule is Cc1cc(/C=C/C(=O)c2ccc(Cl)cc2O)cc(C)c1O. The molecule has 21 heavy (non-hydrogen) atoms. The van der Waals surface area contributed by atoms with Gasteiger partial charge < -0.3 is 10.2 Å². The number of ketones is 1. The highest BCUT2D eigenvalue weighted by Gasteiger charge is 2.08. The van der Waals surface area contributed by atoms with E-state index in [1.54, 1.807) is 38.1 Å². The monoisotopic (exact) mass is 302 g/mol. The van der Waals surface area contributed by atoms with Crippen LogP contribution >= 0.6 is 11.6 Å². The van der Waals surface area contributed by atoms with Crippen molar-refractivity contribution in [2.75, 3.05) is 0 Å². The van der Waals surface area contributed by atoms with Crippen molar-refractivity contribution in [3.63, 3.8) is 0 Å². The number of aryl methyl sites for hydroxylation is 2. The fourth-order valence-corrected chi connectivity index (χ4v) is 2.23. The van der Waals surface area contributed by atoms with Crippen LogP contribution in [-0.4, -0.2) is 16.0 Å². The number of halogens is 1. The Morgan fingerprint density at radius 3 is 2.29 bits per heavy atom. The van der Waals surface area contributed by atoms with Crippen LogP contribution < -0.4 is 0 Å². The van der Waals surface area contributed by atoms with Gasteiger partial charge in [-0.3, -0.25) is 4.79 Å². The van der Waals surface area contributed by atoms with E-state index in [1.807, 2.05) is 0 Å². The van der Waals surface area contributed by atoms with E-state index < -0.39 is 0 Å². The van der Waals surface area contributed by atoms with Crippen molar-refractivity contribution < 1.29 is 15.0 Å². The van der Waals surface area contributed by atoms with Crippen molar-refractivity contribution in [3.05, 3.63) is 63.7 Å². The lowest BCUT2D eigenvalue weighted by molar-refractivity contribution is 0.104. The lowest BCUT2D eigenvalue weighted by Crippen LogP contribution is -1.94. The molecule has 0 atom stereocenters. The molecule has 0 saturated heterocycles. The lowest BCUT2D eigenvalue weighted by Gasteiger charge is -2.05. The van der Waals surface area contributed by atoms with E-state index in [0.717, 1.165) is 16.7 Å². The molecule has 0 aliphatic heterocycles. The second-order valence-corrected chi connectivity index (χ2v) is 5.30. The van der Waals surface area contributed by atoms with E-state index in [4.69, 9.17) is 11.6 Å². The van der Waals surface area contributed by atoms with Gasteiger partial charge in [-0.05, 0) is 66.9 Å². The minimum atomic E-state index is -0.312. The van der Waals surface area contributed by atoms with Gasteiger partial charge in [-0.1, -0.05) is 17.7 Å². The van der Waals surface area contributed by atoms with Crippen LogP contribution in [0.1, 0.15) is 27.0 Å². The van der Waals surface area contributed by atoms with Gasteiger partial charge in [0.15, 0.2) is 5.78 Å². The Morgan fingerprint density at radius 1 is 1.10 bits per heavy atom. The molecule has 0 heterocycles. The molecule has 108 valence electrons. The molecule has 0 fully saturated rings. The minimum Gasteiger partial charge on any atom is -0.507 e. The summed E-state index contributed by atoms with van der Waals surface area (Å²) in [6.45, 7) is 3.60. The Bertz CT molecular complexity index is 710. The molecule has 0 amide bonds. The van der Waals surface area contributed by atoms with E-state index in [1.165, 1.54) is 18.2 Å². The third-order valence-corrected chi connectivity index (χ3v) is 3.40. The van der Waals surface area contributed by atoms with Crippen LogP contribution in [0, 0.1) is 13.8 Å². The molecular weight excluding hydrogens is 288 g/mol. The number of hydrogen-bond donors (Lipinski definition) is 2. The van der Waals surface area contributed by atoms with Crippen molar-refractivity contribution in [3.8, 4) is 11.5 Å². The summed E-state index contributed by atoms with van der Waals surface area (Å²) < 4.78 is 0. The minimum absolute atomic E-state index is 0.143.